The molecule has 0 radical (unpaired) electrons. The number of nitrogens with zero attached hydrogens (tertiary/aromatic N) is 3. The Morgan fingerprint density at radius 3 is 2.65 bits per heavy atom. The van der Waals surface area contributed by atoms with E-state index in [-0.39, 0.29) is 0 Å². The Kier molecular flexibility index (Phi) is 3.37. The monoisotopic (exact) mass is 342 g/mol. The molecule has 0 aliphatic rings. The van der Waals surface area contributed by atoms with E-state index in [1.165, 1.54) is 0 Å². The molecule has 5 heteroatoms. The molecule has 0 saturated carbocycles. The van der Waals surface area contributed by atoms with Gasteiger partial charge in [-0.25, -0.2) is 4.98 Å². The average molecular weight is 342 g/mol. The Morgan fingerprint density at radius 2 is 2.12 bits per heavy atom. The molecule has 0 atom stereocenters. The molecule has 0 saturated heterocycles. The highest BCUT2D eigenvalue weighted by atomic mass is 127. The first-order valence-corrected chi connectivity index (χ1v) is 6.55. The summed E-state index contributed by atoms with van der Waals surface area (Å²) >= 11 is 2.24. The number of aryl methyl sites for hydroxylation is 1. The fourth-order valence-electron chi connectivity index (χ4n) is 1.61. The van der Waals surface area contributed by atoms with Crippen molar-refractivity contribution in [1.29, 1.82) is 0 Å². The van der Waals surface area contributed by atoms with Crippen LogP contribution in [0.1, 0.15) is 31.0 Å². The van der Waals surface area contributed by atoms with E-state index in [1.807, 2.05) is 19.1 Å². The molecule has 0 bridgehead atoms. The fraction of sp³-hybridized carbons (Fsp3) is 0.333. The topological polar surface area (TPSA) is 56.7 Å². The van der Waals surface area contributed by atoms with Crippen molar-refractivity contribution in [3.63, 3.8) is 0 Å². The van der Waals surface area contributed by atoms with Crippen LogP contribution < -0.4 is 5.73 Å². The third-order valence-corrected chi connectivity index (χ3v) is 3.66. The standard InChI is InChI=1S/C12H15IN4/c1-7(2)11-10(13)12(14)17(16-11)9-6-8(3)4-5-15-9/h4-7H,14H2,1-3H3. The van der Waals surface area contributed by atoms with Crippen LogP contribution in [-0.2, 0) is 0 Å². The molecule has 17 heavy (non-hydrogen) atoms. The molecule has 2 heterocycles. The molecule has 0 aliphatic carbocycles. The number of aromatic nitrogens is 3. The van der Waals surface area contributed by atoms with Crippen LogP contribution in [0.5, 0.6) is 0 Å². The van der Waals surface area contributed by atoms with Gasteiger partial charge in [0.15, 0.2) is 5.82 Å². The van der Waals surface area contributed by atoms with E-state index in [9.17, 15) is 0 Å². The summed E-state index contributed by atoms with van der Waals surface area (Å²) in [5.41, 5.74) is 8.24. The highest BCUT2D eigenvalue weighted by Gasteiger charge is 2.17. The van der Waals surface area contributed by atoms with Gasteiger partial charge in [0.2, 0.25) is 0 Å². The van der Waals surface area contributed by atoms with Gasteiger partial charge in [0, 0.05) is 6.20 Å². The van der Waals surface area contributed by atoms with Crippen LogP contribution in [0.25, 0.3) is 5.82 Å². The Bertz CT molecular complexity index is 545. The van der Waals surface area contributed by atoms with Crippen LogP contribution in [0, 0.1) is 10.5 Å². The minimum absolute atomic E-state index is 0.357. The highest BCUT2D eigenvalue weighted by Crippen LogP contribution is 2.27. The van der Waals surface area contributed by atoms with Gasteiger partial charge in [-0.1, -0.05) is 13.8 Å². The highest BCUT2D eigenvalue weighted by molar-refractivity contribution is 14.1. The summed E-state index contributed by atoms with van der Waals surface area (Å²) < 4.78 is 2.73. The van der Waals surface area contributed by atoms with Crippen LogP contribution in [0.15, 0.2) is 18.3 Å². The molecule has 0 amide bonds. The Morgan fingerprint density at radius 1 is 1.41 bits per heavy atom. The number of nitrogen functional groups attached to an aromatic ring is 1. The van der Waals surface area contributed by atoms with Crippen molar-refractivity contribution in [3.8, 4) is 5.82 Å². The fourth-order valence-corrected chi connectivity index (χ4v) is 2.57. The zero-order valence-corrected chi connectivity index (χ0v) is 12.3. The predicted molar refractivity (Wildman–Crippen MR) is 77.3 cm³/mol. The molecule has 90 valence electrons. The summed E-state index contributed by atoms with van der Waals surface area (Å²) in [5, 5.41) is 4.54. The van der Waals surface area contributed by atoms with Crippen LogP contribution in [-0.4, -0.2) is 14.8 Å². The van der Waals surface area contributed by atoms with Crippen LogP contribution in [0.4, 0.5) is 5.82 Å². The van der Waals surface area contributed by atoms with E-state index in [1.54, 1.807) is 10.9 Å². The number of hydrogen-bond acceptors (Lipinski definition) is 3. The zero-order chi connectivity index (χ0) is 12.6. The second-order valence-corrected chi connectivity index (χ2v) is 5.42. The van der Waals surface area contributed by atoms with E-state index in [0.717, 1.165) is 20.6 Å². The maximum Gasteiger partial charge on any atom is 0.155 e. The van der Waals surface area contributed by atoms with Gasteiger partial charge in [-0.05, 0) is 53.1 Å². The SMILES string of the molecule is Cc1ccnc(-n2nc(C(C)C)c(I)c2N)c1. The predicted octanol–water partition coefficient (Wildman–Crippen LogP) is 2.89. The van der Waals surface area contributed by atoms with Gasteiger partial charge in [-0.15, -0.1) is 0 Å². The molecule has 2 aromatic heterocycles. The molecule has 2 aromatic rings. The zero-order valence-electron chi connectivity index (χ0n) is 10.1. The average Bonchev–Trinajstić information content (AvgIpc) is 2.56. The van der Waals surface area contributed by atoms with Crippen molar-refractivity contribution in [2.75, 3.05) is 5.73 Å². The van der Waals surface area contributed by atoms with Crippen molar-refractivity contribution in [3.05, 3.63) is 33.2 Å². The van der Waals surface area contributed by atoms with E-state index < -0.39 is 0 Å². The number of halogens is 1. The molecule has 0 fully saturated rings. The summed E-state index contributed by atoms with van der Waals surface area (Å²) in [6.07, 6.45) is 1.77. The smallest absolute Gasteiger partial charge is 0.155 e. The number of hydrogen-bond donors (Lipinski definition) is 1. The molecular weight excluding hydrogens is 327 g/mol. The largest absolute Gasteiger partial charge is 0.383 e. The van der Waals surface area contributed by atoms with E-state index in [0.29, 0.717) is 11.7 Å². The lowest BCUT2D eigenvalue weighted by Gasteiger charge is -2.03. The second-order valence-electron chi connectivity index (χ2n) is 4.34. The molecule has 0 aliphatic heterocycles. The maximum absolute atomic E-state index is 6.08. The summed E-state index contributed by atoms with van der Waals surface area (Å²) in [4.78, 5) is 4.30. The van der Waals surface area contributed by atoms with Gasteiger partial charge < -0.3 is 5.73 Å². The number of rotatable bonds is 2. The van der Waals surface area contributed by atoms with Crippen molar-refractivity contribution in [2.45, 2.75) is 26.7 Å². The second kappa shape index (κ2) is 4.64. The first kappa shape index (κ1) is 12.3. The Balaban J connectivity index is 2.57. The molecule has 2 rings (SSSR count). The summed E-state index contributed by atoms with van der Waals surface area (Å²) in [6.45, 7) is 6.25. The van der Waals surface area contributed by atoms with Crippen LogP contribution in [0.2, 0.25) is 0 Å². The molecule has 4 nitrogen and oxygen atoms in total. The molecule has 0 aromatic carbocycles. The Labute approximate surface area is 114 Å². The lowest BCUT2D eigenvalue weighted by atomic mass is 10.1. The van der Waals surface area contributed by atoms with Crippen LogP contribution in [0.3, 0.4) is 0 Å². The molecule has 2 N–H and O–H groups in total. The van der Waals surface area contributed by atoms with Gasteiger partial charge in [-0.3, -0.25) is 0 Å². The lowest BCUT2D eigenvalue weighted by Crippen LogP contribution is -2.04. The quantitative estimate of drug-likeness (QED) is 0.854. The van der Waals surface area contributed by atoms with Crippen LogP contribution >= 0.6 is 22.6 Å². The summed E-state index contributed by atoms with van der Waals surface area (Å²) in [6, 6.07) is 3.93. The lowest BCUT2D eigenvalue weighted by molar-refractivity contribution is 0.759. The first-order valence-electron chi connectivity index (χ1n) is 5.47. The van der Waals surface area contributed by atoms with E-state index in [4.69, 9.17) is 5.73 Å². The van der Waals surface area contributed by atoms with Crippen molar-refractivity contribution >= 4 is 28.4 Å². The normalized spacial score (nSPS) is 11.1. The first-order chi connectivity index (χ1) is 8.00. The van der Waals surface area contributed by atoms with E-state index in [2.05, 4.69) is 46.5 Å². The van der Waals surface area contributed by atoms with Crippen molar-refractivity contribution in [1.82, 2.24) is 14.8 Å². The third-order valence-electron chi connectivity index (χ3n) is 2.55. The minimum Gasteiger partial charge on any atom is -0.383 e. The van der Waals surface area contributed by atoms with E-state index >= 15 is 0 Å². The van der Waals surface area contributed by atoms with Crippen molar-refractivity contribution < 1.29 is 0 Å². The summed E-state index contributed by atoms with van der Waals surface area (Å²) in [7, 11) is 0. The summed E-state index contributed by atoms with van der Waals surface area (Å²) in [5.74, 6) is 1.79. The number of anilines is 1. The van der Waals surface area contributed by atoms with Crippen molar-refractivity contribution in [2.24, 2.45) is 0 Å². The Hall–Kier alpha value is -1.11. The van der Waals surface area contributed by atoms with Gasteiger partial charge in [0.05, 0.1) is 9.26 Å². The maximum atomic E-state index is 6.08. The minimum atomic E-state index is 0.357. The molecule has 0 spiro atoms. The van der Waals surface area contributed by atoms with Gasteiger partial charge >= 0.3 is 0 Å². The number of nitrogens with two attached hydrogens (primary N) is 1. The van der Waals surface area contributed by atoms with Gasteiger partial charge in [-0.2, -0.15) is 9.78 Å². The van der Waals surface area contributed by atoms with Gasteiger partial charge in [0.25, 0.3) is 0 Å². The molecule has 0 unspecified atom stereocenters. The third kappa shape index (κ3) is 2.29. The molecular formula is C12H15IN4. The number of pyridine rings is 1. The van der Waals surface area contributed by atoms with Gasteiger partial charge in [0.1, 0.15) is 5.82 Å².